The van der Waals surface area contributed by atoms with Crippen molar-refractivity contribution in [3.05, 3.63) is 90.6 Å². The Bertz CT molecular complexity index is 1720. The van der Waals surface area contributed by atoms with Gasteiger partial charge in [0.15, 0.2) is 0 Å². The molecule has 0 saturated carbocycles. The summed E-state index contributed by atoms with van der Waals surface area (Å²) in [5.74, 6) is -0.780. The van der Waals surface area contributed by atoms with Crippen LogP contribution in [-0.2, 0) is 25.3 Å². The summed E-state index contributed by atoms with van der Waals surface area (Å²) in [5, 5.41) is 5.61. The Labute approximate surface area is 205 Å². The third-order valence-corrected chi connectivity index (χ3v) is 6.13. The molecule has 0 spiro atoms. The maximum atomic E-state index is 14.8. The van der Waals surface area contributed by atoms with Gasteiger partial charge in [0.1, 0.15) is 17.0 Å². The van der Waals surface area contributed by atoms with Gasteiger partial charge in [0, 0.05) is 32.3 Å². The molecule has 2 N–H and O–H groups in total. The van der Waals surface area contributed by atoms with Crippen LogP contribution in [0.25, 0.3) is 16.6 Å². The van der Waals surface area contributed by atoms with E-state index < -0.39 is 22.6 Å². The highest BCUT2D eigenvalue weighted by atomic mass is 19.1. The van der Waals surface area contributed by atoms with E-state index in [2.05, 4.69) is 10.6 Å². The molecule has 0 aliphatic heterocycles. The van der Waals surface area contributed by atoms with Crippen LogP contribution in [0.15, 0.2) is 56.8 Å². The standard InChI is InChI=1S/C26H26FN5O4/c1-6-16-10-11-20(19(27)12-16)29-23-21-22(14(2)24(34)30(23)4)32(26(36)31(5)25(21)35)18-9-7-8-17(13-18)28-15(3)33/h7-13,29H,6H2,1-5H3,(H,28,33). The summed E-state index contributed by atoms with van der Waals surface area (Å²) in [4.78, 5) is 51.5. The molecule has 0 atom stereocenters. The number of hydrogen-bond donors (Lipinski definition) is 2. The molecule has 4 aromatic rings. The Morgan fingerprint density at radius 3 is 2.36 bits per heavy atom. The van der Waals surface area contributed by atoms with E-state index >= 15 is 0 Å². The number of nitrogens with one attached hydrogen (secondary N) is 2. The average molecular weight is 492 g/mol. The second-order valence-corrected chi connectivity index (χ2v) is 8.57. The third-order valence-electron chi connectivity index (χ3n) is 6.13. The second-order valence-electron chi connectivity index (χ2n) is 8.57. The SMILES string of the molecule is CCc1ccc(Nc2c3c(=O)n(C)c(=O)n(-c4cccc(NC(C)=O)c4)c3c(C)c(=O)n2C)c(F)c1. The van der Waals surface area contributed by atoms with Gasteiger partial charge in [-0.3, -0.25) is 28.1 Å². The van der Waals surface area contributed by atoms with Gasteiger partial charge in [-0.2, -0.15) is 0 Å². The minimum Gasteiger partial charge on any atom is -0.338 e. The first-order valence-corrected chi connectivity index (χ1v) is 11.3. The lowest BCUT2D eigenvalue weighted by molar-refractivity contribution is -0.114. The van der Waals surface area contributed by atoms with E-state index in [-0.39, 0.29) is 33.9 Å². The van der Waals surface area contributed by atoms with E-state index in [9.17, 15) is 23.6 Å². The highest BCUT2D eigenvalue weighted by Gasteiger charge is 2.23. The topological polar surface area (TPSA) is 107 Å². The van der Waals surface area contributed by atoms with Crippen LogP contribution in [0, 0.1) is 12.7 Å². The molecular weight excluding hydrogens is 465 g/mol. The van der Waals surface area contributed by atoms with Crippen molar-refractivity contribution in [1.29, 1.82) is 0 Å². The number of anilines is 3. The number of nitrogens with zero attached hydrogens (tertiary/aromatic N) is 3. The van der Waals surface area contributed by atoms with E-state index in [1.807, 2.05) is 6.92 Å². The van der Waals surface area contributed by atoms with Gasteiger partial charge in [-0.25, -0.2) is 9.18 Å². The van der Waals surface area contributed by atoms with Gasteiger partial charge in [0.2, 0.25) is 5.91 Å². The largest absolute Gasteiger partial charge is 0.338 e. The zero-order valence-electron chi connectivity index (χ0n) is 20.6. The molecular formula is C26H26FN5O4. The maximum absolute atomic E-state index is 14.8. The van der Waals surface area contributed by atoms with Crippen molar-refractivity contribution in [3.63, 3.8) is 0 Å². The van der Waals surface area contributed by atoms with E-state index in [1.54, 1.807) is 36.4 Å². The summed E-state index contributed by atoms with van der Waals surface area (Å²) >= 11 is 0. The number of fused-ring (bicyclic) bond motifs is 1. The van der Waals surface area contributed by atoms with Gasteiger partial charge < -0.3 is 10.6 Å². The minimum absolute atomic E-state index is 0.0422. The van der Waals surface area contributed by atoms with Crippen molar-refractivity contribution in [3.8, 4) is 5.69 Å². The highest BCUT2D eigenvalue weighted by molar-refractivity contribution is 5.94. The van der Waals surface area contributed by atoms with Crippen LogP contribution >= 0.6 is 0 Å². The van der Waals surface area contributed by atoms with Gasteiger partial charge in [-0.05, 0) is 49.2 Å². The zero-order chi connectivity index (χ0) is 26.3. The summed E-state index contributed by atoms with van der Waals surface area (Å²) < 4.78 is 18.3. The van der Waals surface area contributed by atoms with Gasteiger partial charge in [-0.1, -0.05) is 19.1 Å². The fourth-order valence-electron chi connectivity index (χ4n) is 4.22. The Kier molecular flexibility index (Phi) is 6.36. The van der Waals surface area contributed by atoms with E-state index in [1.165, 1.54) is 43.1 Å². The molecule has 2 aromatic heterocycles. The summed E-state index contributed by atoms with van der Waals surface area (Å²) in [6.45, 7) is 4.79. The third kappa shape index (κ3) is 4.10. The van der Waals surface area contributed by atoms with Crippen LogP contribution < -0.4 is 27.4 Å². The molecule has 2 heterocycles. The highest BCUT2D eigenvalue weighted by Crippen LogP contribution is 2.27. The molecule has 0 fully saturated rings. The number of rotatable bonds is 5. The Morgan fingerprint density at radius 1 is 1.00 bits per heavy atom. The molecule has 186 valence electrons. The first kappa shape index (κ1) is 24.6. The molecule has 0 radical (unpaired) electrons. The lowest BCUT2D eigenvalue weighted by atomic mass is 10.1. The van der Waals surface area contributed by atoms with Crippen molar-refractivity contribution in [2.75, 3.05) is 10.6 Å². The summed E-state index contributed by atoms with van der Waals surface area (Å²) in [5.41, 5.74) is 0.141. The summed E-state index contributed by atoms with van der Waals surface area (Å²) in [6.07, 6.45) is 0.646. The van der Waals surface area contributed by atoms with Crippen LogP contribution in [0.4, 0.5) is 21.6 Å². The van der Waals surface area contributed by atoms with Crippen LogP contribution in [0.1, 0.15) is 25.0 Å². The fourth-order valence-corrected chi connectivity index (χ4v) is 4.22. The van der Waals surface area contributed by atoms with Crippen molar-refractivity contribution in [2.24, 2.45) is 14.1 Å². The Morgan fingerprint density at radius 2 is 1.72 bits per heavy atom. The minimum atomic E-state index is -0.673. The molecule has 0 unspecified atom stereocenters. The predicted octanol–water partition coefficient (Wildman–Crippen LogP) is 3.10. The van der Waals surface area contributed by atoms with Gasteiger partial charge in [0.25, 0.3) is 11.1 Å². The summed E-state index contributed by atoms with van der Waals surface area (Å²) in [7, 11) is 2.81. The summed E-state index contributed by atoms with van der Waals surface area (Å²) in [6, 6.07) is 11.2. The van der Waals surface area contributed by atoms with E-state index in [4.69, 9.17) is 0 Å². The van der Waals surface area contributed by atoms with Crippen molar-refractivity contribution in [2.45, 2.75) is 27.2 Å². The molecule has 0 aliphatic carbocycles. The normalized spacial score (nSPS) is 11.1. The van der Waals surface area contributed by atoms with Crippen molar-refractivity contribution in [1.82, 2.24) is 13.7 Å². The van der Waals surface area contributed by atoms with Crippen LogP contribution in [0.5, 0.6) is 0 Å². The van der Waals surface area contributed by atoms with E-state index in [0.29, 0.717) is 17.8 Å². The molecule has 0 saturated heterocycles. The maximum Gasteiger partial charge on any atom is 0.335 e. The predicted molar refractivity (Wildman–Crippen MR) is 138 cm³/mol. The van der Waals surface area contributed by atoms with Gasteiger partial charge in [-0.15, -0.1) is 0 Å². The van der Waals surface area contributed by atoms with Crippen LogP contribution in [0.3, 0.4) is 0 Å². The van der Waals surface area contributed by atoms with Crippen molar-refractivity contribution < 1.29 is 9.18 Å². The molecule has 1 amide bonds. The van der Waals surface area contributed by atoms with Crippen LogP contribution in [0.2, 0.25) is 0 Å². The molecule has 36 heavy (non-hydrogen) atoms. The quantitative estimate of drug-likeness (QED) is 0.446. The zero-order valence-corrected chi connectivity index (χ0v) is 20.6. The number of aromatic nitrogens is 3. The number of halogens is 1. The number of amides is 1. The molecule has 4 rings (SSSR count). The lowest BCUT2D eigenvalue weighted by Gasteiger charge is -2.20. The molecule has 10 heteroatoms. The number of carbonyl (C=O) groups is 1. The van der Waals surface area contributed by atoms with Gasteiger partial charge >= 0.3 is 5.69 Å². The molecule has 2 aromatic carbocycles. The Balaban J connectivity index is 2.10. The number of aryl methyl sites for hydroxylation is 2. The Hall–Kier alpha value is -4.47. The molecule has 0 bridgehead atoms. The number of carbonyl (C=O) groups excluding carboxylic acids is 1. The monoisotopic (exact) mass is 491 g/mol. The van der Waals surface area contributed by atoms with Gasteiger partial charge in [0.05, 0.1) is 16.9 Å². The lowest BCUT2D eigenvalue weighted by Crippen LogP contribution is -2.40. The second kappa shape index (κ2) is 9.29. The first-order chi connectivity index (χ1) is 17.0. The first-order valence-electron chi connectivity index (χ1n) is 11.3. The number of pyridine rings is 1. The average Bonchev–Trinajstić information content (AvgIpc) is 2.84. The fraction of sp³-hybridized carbons (Fsp3) is 0.231. The number of hydrogen-bond acceptors (Lipinski definition) is 5. The van der Waals surface area contributed by atoms with Crippen LogP contribution in [-0.4, -0.2) is 19.6 Å². The van der Waals surface area contributed by atoms with E-state index in [0.717, 1.165) is 10.1 Å². The number of benzene rings is 2. The van der Waals surface area contributed by atoms with Crippen molar-refractivity contribution >= 4 is 34.0 Å². The smallest absolute Gasteiger partial charge is 0.335 e. The molecule has 0 aliphatic rings. The molecule has 9 nitrogen and oxygen atoms in total.